The summed E-state index contributed by atoms with van der Waals surface area (Å²) < 4.78 is 5.18. The van der Waals surface area contributed by atoms with Crippen molar-refractivity contribution in [3.05, 3.63) is 65.2 Å². The zero-order valence-electron chi connectivity index (χ0n) is 12.5. The summed E-state index contributed by atoms with van der Waals surface area (Å²) in [7, 11) is 1.67. The minimum atomic E-state index is -0.0898. The third-order valence-electron chi connectivity index (χ3n) is 3.43. The highest BCUT2D eigenvalue weighted by Gasteiger charge is 2.10. The number of hydrogen-bond acceptors (Lipinski definition) is 2. The molecule has 0 aliphatic carbocycles. The summed E-state index contributed by atoms with van der Waals surface area (Å²) in [5.74, 6) is 1.51. The van der Waals surface area contributed by atoms with E-state index in [1.165, 1.54) is 5.56 Å². The van der Waals surface area contributed by atoms with Crippen molar-refractivity contribution in [2.24, 2.45) is 11.7 Å². The number of benzene rings is 2. The van der Waals surface area contributed by atoms with E-state index in [0.29, 0.717) is 5.92 Å². The topological polar surface area (TPSA) is 35.2 Å². The maximum atomic E-state index is 6.37. The van der Waals surface area contributed by atoms with Crippen LogP contribution in [-0.4, -0.2) is 7.11 Å². The fourth-order valence-electron chi connectivity index (χ4n) is 2.39. The largest absolute Gasteiger partial charge is 0.497 e. The van der Waals surface area contributed by atoms with Gasteiger partial charge in [-0.3, -0.25) is 0 Å². The molecule has 2 aromatic carbocycles. The molecule has 2 rings (SSSR count). The van der Waals surface area contributed by atoms with Gasteiger partial charge in [-0.15, -0.1) is 0 Å². The van der Waals surface area contributed by atoms with Crippen LogP contribution in [0.4, 0.5) is 0 Å². The number of nitrogens with two attached hydrogens (primary N) is 1. The van der Waals surface area contributed by atoms with Crippen LogP contribution in [0.5, 0.6) is 5.75 Å². The fraction of sp³-hybridized carbons (Fsp3) is 0.333. The van der Waals surface area contributed by atoms with Gasteiger partial charge in [-0.1, -0.05) is 50.2 Å². The van der Waals surface area contributed by atoms with Crippen molar-refractivity contribution in [2.75, 3.05) is 7.11 Å². The minimum absolute atomic E-state index is 0.0898. The number of rotatable bonds is 5. The van der Waals surface area contributed by atoms with Crippen molar-refractivity contribution < 1.29 is 4.74 Å². The van der Waals surface area contributed by atoms with Crippen LogP contribution in [0.2, 0.25) is 0 Å². The normalized spacial score (nSPS) is 12.4. The third-order valence-corrected chi connectivity index (χ3v) is 3.43. The van der Waals surface area contributed by atoms with Crippen LogP contribution in [0, 0.1) is 5.92 Å². The molecule has 0 radical (unpaired) electrons. The number of hydrogen-bond donors (Lipinski definition) is 1. The lowest BCUT2D eigenvalue weighted by Crippen LogP contribution is -2.12. The molecule has 0 heterocycles. The second kappa shape index (κ2) is 6.58. The zero-order chi connectivity index (χ0) is 14.5. The Kier molecular flexibility index (Phi) is 4.80. The summed E-state index contributed by atoms with van der Waals surface area (Å²) in [5, 5.41) is 0. The minimum Gasteiger partial charge on any atom is -0.497 e. The molecule has 20 heavy (non-hydrogen) atoms. The SMILES string of the molecule is COc1ccc(C(N)c2cccc(CC(C)C)c2)cc1. The van der Waals surface area contributed by atoms with E-state index >= 15 is 0 Å². The van der Waals surface area contributed by atoms with Gasteiger partial charge >= 0.3 is 0 Å². The Labute approximate surface area is 121 Å². The first-order chi connectivity index (χ1) is 9.60. The quantitative estimate of drug-likeness (QED) is 0.892. The van der Waals surface area contributed by atoms with E-state index in [-0.39, 0.29) is 6.04 Å². The van der Waals surface area contributed by atoms with Gasteiger partial charge in [-0.05, 0) is 41.2 Å². The molecule has 106 valence electrons. The summed E-state index contributed by atoms with van der Waals surface area (Å²) in [6, 6.07) is 16.4. The Balaban J connectivity index is 2.20. The average Bonchev–Trinajstić information content (AvgIpc) is 2.46. The molecule has 0 fully saturated rings. The molecule has 1 unspecified atom stereocenters. The first-order valence-corrected chi connectivity index (χ1v) is 7.08. The lowest BCUT2D eigenvalue weighted by Gasteiger charge is -2.15. The van der Waals surface area contributed by atoms with Crippen molar-refractivity contribution in [3.8, 4) is 5.75 Å². The van der Waals surface area contributed by atoms with E-state index in [2.05, 4.69) is 38.1 Å². The molecule has 2 N–H and O–H groups in total. The van der Waals surface area contributed by atoms with E-state index in [1.807, 2.05) is 24.3 Å². The highest BCUT2D eigenvalue weighted by Crippen LogP contribution is 2.23. The van der Waals surface area contributed by atoms with Gasteiger partial charge in [-0.25, -0.2) is 0 Å². The van der Waals surface area contributed by atoms with E-state index in [9.17, 15) is 0 Å². The first kappa shape index (κ1) is 14.6. The lowest BCUT2D eigenvalue weighted by molar-refractivity contribution is 0.414. The van der Waals surface area contributed by atoms with Crippen molar-refractivity contribution in [1.82, 2.24) is 0 Å². The van der Waals surface area contributed by atoms with Gasteiger partial charge in [0.25, 0.3) is 0 Å². The van der Waals surface area contributed by atoms with Gasteiger partial charge < -0.3 is 10.5 Å². The molecule has 0 bridgehead atoms. The summed E-state index contributed by atoms with van der Waals surface area (Å²) in [6.07, 6.45) is 1.09. The summed E-state index contributed by atoms with van der Waals surface area (Å²) >= 11 is 0. The third kappa shape index (κ3) is 3.61. The second-order valence-corrected chi connectivity index (χ2v) is 5.59. The smallest absolute Gasteiger partial charge is 0.118 e. The van der Waals surface area contributed by atoms with E-state index in [0.717, 1.165) is 23.3 Å². The zero-order valence-corrected chi connectivity index (χ0v) is 12.5. The molecule has 0 saturated carbocycles. The van der Waals surface area contributed by atoms with Gasteiger partial charge in [0, 0.05) is 0 Å². The Morgan fingerprint density at radius 2 is 1.70 bits per heavy atom. The molecular formula is C18H23NO. The van der Waals surface area contributed by atoms with E-state index in [1.54, 1.807) is 7.11 Å². The highest BCUT2D eigenvalue weighted by molar-refractivity contribution is 5.36. The average molecular weight is 269 g/mol. The van der Waals surface area contributed by atoms with Gasteiger partial charge in [-0.2, -0.15) is 0 Å². The molecule has 0 aliphatic rings. The van der Waals surface area contributed by atoms with Crippen molar-refractivity contribution in [2.45, 2.75) is 26.3 Å². The fourth-order valence-corrected chi connectivity index (χ4v) is 2.39. The Morgan fingerprint density at radius 1 is 1.00 bits per heavy atom. The molecule has 2 nitrogen and oxygen atoms in total. The standard InChI is InChI=1S/C18H23NO/c1-13(2)11-14-5-4-6-16(12-14)18(19)15-7-9-17(20-3)10-8-15/h4-10,12-13,18H,11,19H2,1-3H3. The van der Waals surface area contributed by atoms with E-state index < -0.39 is 0 Å². The molecule has 1 atom stereocenters. The summed E-state index contributed by atoms with van der Waals surface area (Å²) in [5.41, 5.74) is 9.98. The monoisotopic (exact) mass is 269 g/mol. The number of methoxy groups -OCH3 is 1. The van der Waals surface area contributed by atoms with Crippen molar-refractivity contribution in [3.63, 3.8) is 0 Å². The van der Waals surface area contributed by atoms with Gasteiger partial charge in [0.05, 0.1) is 13.2 Å². The lowest BCUT2D eigenvalue weighted by atomic mass is 9.95. The van der Waals surface area contributed by atoms with Crippen LogP contribution in [-0.2, 0) is 6.42 Å². The highest BCUT2D eigenvalue weighted by atomic mass is 16.5. The molecular weight excluding hydrogens is 246 g/mol. The van der Waals surface area contributed by atoms with E-state index in [4.69, 9.17) is 10.5 Å². The molecule has 0 spiro atoms. The second-order valence-electron chi connectivity index (χ2n) is 5.59. The molecule has 2 heteroatoms. The van der Waals surface area contributed by atoms with Crippen LogP contribution < -0.4 is 10.5 Å². The van der Waals surface area contributed by atoms with Crippen LogP contribution in [0.1, 0.15) is 36.6 Å². The molecule has 0 aromatic heterocycles. The predicted octanol–water partition coefficient (Wildman–Crippen LogP) is 3.94. The molecule has 0 saturated heterocycles. The number of ether oxygens (including phenoxy) is 1. The van der Waals surface area contributed by atoms with Crippen LogP contribution in [0.3, 0.4) is 0 Å². The van der Waals surface area contributed by atoms with Gasteiger partial charge in [0.1, 0.15) is 5.75 Å². The molecule has 0 amide bonds. The van der Waals surface area contributed by atoms with Gasteiger partial charge in [0.15, 0.2) is 0 Å². The van der Waals surface area contributed by atoms with Crippen LogP contribution >= 0.6 is 0 Å². The Morgan fingerprint density at radius 3 is 2.30 bits per heavy atom. The maximum Gasteiger partial charge on any atom is 0.118 e. The Hall–Kier alpha value is -1.80. The molecule has 2 aromatic rings. The predicted molar refractivity (Wildman–Crippen MR) is 84.0 cm³/mol. The van der Waals surface area contributed by atoms with Gasteiger partial charge in [0.2, 0.25) is 0 Å². The van der Waals surface area contributed by atoms with Crippen LogP contribution in [0.15, 0.2) is 48.5 Å². The van der Waals surface area contributed by atoms with Crippen molar-refractivity contribution in [1.29, 1.82) is 0 Å². The molecule has 0 aliphatic heterocycles. The van der Waals surface area contributed by atoms with Crippen molar-refractivity contribution >= 4 is 0 Å². The summed E-state index contributed by atoms with van der Waals surface area (Å²) in [6.45, 7) is 4.46. The van der Waals surface area contributed by atoms with Crippen LogP contribution in [0.25, 0.3) is 0 Å². The Bertz CT molecular complexity index is 546. The first-order valence-electron chi connectivity index (χ1n) is 7.08. The summed E-state index contributed by atoms with van der Waals surface area (Å²) in [4.78, 5) is 0. The maximum absolute atomic E-state index is 6.37.